The van der Waals surface area contributed by atoms with Crippen molar-refractivity contribution in [2.24, 2.45) is 0 Å². The number of rotatable bonds is 4. The maximum absolute atomic E-state index is 11.4. The van der Waals surface area contributed by atoms with Gasteiger partial charge >= 0.3 is 0 Å². The Morgan fingerprint density at radius 3 is 1.32 bits per heavy atom. The average molecular weight is 804 g/mol. The summed E-state index contributed by atoms with van der Waals surface area (Å²) < 4.78 is 11.4. The van der Waals surface area contributed by atoms with Crippen LogP contribution in [0.5, 0.6) is 0 Å². The zero-order chi connectivity index (χ0) is 41.3. The molecule has 0 amide bonds. The highest BCUT2D eigenvalue weighted by Crippen LogP contribution is 2.40. The van der Waals surface area contributed by atoms with Crippen LogP contribution in [0.15, 0.2) is 200 Å². The Morgan fingerprint density at radius 1 is 0.333 bits per heavy atom. The molecule has 5 aromatic heterocycles. The van der Waals surface area contributed by atoms with Crippen molar-refractivity contribution in [2.45, 2.75) is 0 Å². The molecule has 0 N–H and O–H groups in total. The van der Waals surface area contributed by atoms with Gasteiger partial charge in [0.15, 0.2) is 0 Å². The third kappa shape index (κ3) is 4.53. The molecule has 0 atom stereocenters. The van der Waals surface area contributed by atoms with E-state index in [1.807, 2.05) is 6.07 Å². The second-order valence-corrected chi connectivity index (χ2v) is 16.3. The van der Waals surface area contributed by atoms with Gasteiger partial charge in [-0.25, -0.2) is 4.98 Å². The molecule has 7 nitrogen and oxygen atoms in total. The van der Waals surface area contributed by atoms with E-state index in [0.29, 0.717) is 5.56 Å². The molecule has 0 saturated heterocycles. The van der Waals surface area contributed by atoms with Gasteiger partial charge < -0.3 is 13.7 Å². The Labute approximate surface area is 359 Å². The third-order valence-electron chi connectivity index (χ3n) is 13.1. The molecule has 0 radical (unpaired) electrons. The molecule has 292 valence electrons. The second kappa shape index (κ2) is 12.6. The van der Waals surface area contributed by atoms with Crippen LogP contribution in [-0.2, 0) is 0 Å². The molecular formula is C56H33N7. The van der Waals surface area contributed by atoms with Crippen molar-refractivity contribution < 1.29 is 0 Å². The highest BCUT2D eigenvalue weighted by atomic mass is 15.2. The zero-order valence-electron chi connectivity index (χ0n) is 33.7. The summed E-state index contributed by atoms with van der Waals surface area (Å²) in [5, 5.41) is 18.5. The van der Waals surface area contributed by atoms with Gasteiger partial charge in [-0.05, 0) is 91.0 Å². The first-order chi connectivity index (χ1) is 31.2. The van der Waals surface area contributed by atoms with Gasteiger partial charge in [0.25, 0.3) is 0 Å². The van der Waals surface area contributed by atoms with Gasteiger partial charge in [0, 0.05) is 43.7 Å². The topological polar surface area (TPSA) is 60.8 Å². The van der Waals surface area contributed by atoms with Crippen molar-refractivity contribution in [1.29, 1.82) is 5.26 Å². The molecule has 9 aromatic carbocycles. The van der Waals surface area contributed by atoms with Crippen LogP contribution in [0, 0.1) is 11.3 Å². The first-order valence-electron chi connectivity index (χ1n) is 21.2. The lowest BCUT2D eigenvalue weighted by Gasteiger charge is -2.15. The van der Waals surface area contributed by atoms with Crippen LogP contribution in [0.3, 0.4) is 0 Å². The van der Waals surface area contributed by atoms with E-state index in [-0.39, 0.29) is 0 Å². The minimum absolute atomic E-state index is 0.560. The normalized spacial score (nSPS) is 12.1. The Balaban J connectivity index is 1.02. The van der Waals surface area contributed by atoms with E-state index in [0.717, 1.165) is 83.4 Å². The van der Waals surface area contributed by atoms with E-state index in [4.69, 9.17) is 4.98 Å². The fourth-order valence-electron chi connectivity index (χ4n) is 10.5. The highest BCUT2D eigenvalue weighted by Gasteiger charge is 2.24. The molecule has 0 unspecified atom stereocenters. The van der Waals surface area contributed by atoms with Gasteiger partial charge in [-0.3, -0.25) is 8.97 Å². The summed E-state index contributed by atoms with van der Waals surface area (Å²) in [5.41, 5.74) is 14.8. The highest BCUT2D eigenvalue weighted by molar-refractivity contribution is 6.13. The number of aromatic nitrogens is 6. The molecule has 0 bridgehead atoms. The largest absolute Gasteiger partial charge is 0.309 e. The molecule has 63 heavy (non-hydrogen) atoms. The quantitative estimate of drug-likeness (QED) is 0.178. The Morgan fingerprint density at radius 2 is 0.762 bits per heavy atom. The summed E-state index contributed by atoms with van der Waals surface area (Å²) in [6, 6.07) is 73.5. The number of benzene rings is 9. The minimum Gasteiger partial charge on any atom is -0.309 e. The molecule has 0 aliphatic heterocycles. The van der Waals surface area contributed by atoms with Gasteiger partial charge in [0.1, 0.15) is 11.6 Å². The summed E-state index contributed by atoms with van der Waals surface area (Å²) >= 11 is 0. The predicted molar refractivity (Wildman–Crippen MR) is 257 cm³/mol. The lowest BCUT2D eigenvalue weighted by atomic mass is 10.1. The number of hydrogen-bond acceptors (Lipinski definition) is 2. The third-order valence-corrected chi connectivity index (χ3v) is 13.1. The van der Waals surface area contributed by atoms with Crippen molar-refractivity contribution in [2.75, 3.05) is 0 Å². The van der Waals surface area contributed by atoms with Crippen molar-refractivity contribution in [3.05, 3.63) is 206 Å². The summed E-state index contributed by atoms with van der Waals surface area (Å²) in [5.74, 6) is 0.747. The summed E-state index contributed by atoms with van der Waals surface area (Å²) in [6.07, 6.45) is 0. The van der Waals surface area contributed by atoms with Crippen molar-refractivity contribution in [1.82, 2.24) is 27.7 Å². The van der Waals surface area contributed by atoms with E-state index in [9.17, 15) is 5.26 Å². The monoisotopic (exact) mass is 803 g/mol. The molecule has 0 saturated carbocycles. The molecule has 7 heteroatoms. The first kappa shape index (κ1) is 33.9. The van der Waals surface area contributed by atoms with Crippen LogP contribution in [0.25, 0.3) is 116 Å². The lowest BCUT2D eigenvalue weighted by molar-refractivity contribution is 1.08. The van der Waals surface area contributed by atoms with Gasteiger partial charge in [-0.1, -0.05) is 109 Å². The Bertz CT molecular complexity index is 4190. The molecule has 14 aromatic rings. The fraction of sp³-hybridized carbons (Fsp3) is 0. The zero-order valence-corrected chi connectivity index (χ0v) is 33.7. The van der Waals surface area contributed by atoms with Crippen molar-refractivity contribution >= 4 is 93.3 Å². The van der Waals surface area contributed by atoms with E-state index < -0.39 is 0 Å². The van der Waals surface area contributed by atoms with E-state index in [1.54, 1.807) is 0 Å². The average Bonchev–Trinajstić information content (AvgIpc) is 4.13. The lowest BCUT2D eigenvalue weighted by Crippen LogP contribution is -2.04. The van der Waals surface area contributed by atoms with E-state index in [1.165, 1.54) is 32.6 Å². The molecule has 0 fully saturated rings. The fourth-order valence-corrected chi connectivity index (χ4v) is 10.5. The molecule has 0 spiro atoms. The number of imidazole rings is 2. The smallest absolute Gasteiger partial charge is 0.220 e. The maximum atomic E-state index is 11.4. The molecule has 5 heterocycles. The number of nitrogens with zero attached hydrogens (tertiary/aromatic N) is 7. The van der Waals surface area contributed by atoms with Crippen LogP contribution < -0.4 is 0 Å². The minimum atomic E-state index is 0.560. The van der Waals surface area contributed by atoms with Crippen LogP contribution in [0.2, 0.25) is 0 Å². The second-order valence-electron chi connectivity index (χ2n) is 16.3. The molecule has 0 aliphatic rings. The number of hydrogen-bond donors (Lipinski definition) is 0. The van der Waals surface area contributed by atoms with Crippen LogP contribution in [0.1, 0.15) is 5.56 Å². The van der Waals surface area contributed by atoms with E-state index >= 15 is 0 Å². The van der Waals surface area contributed by atoms with Crippen molar-refractivity contribution in [3.8, 4) is 28.8 Å². The summed E-state index contributed by atoms with van der Waals surface area (Å²) in [6.45, 7) is 0. The van der Waals surface area contributed by atoms with Gasteiger partial charge in [-0.2, -0.15) is 5.26 Å². The summed E-state index contributed by atoms with van der Waals surface area (Å²) in [4.78, 5) is 5.27. The van der Waals surface area contributed by atoms with Crippen molar-refractivity contribution in [3.63, 3.8) is 0 Å². The maximum Gasteiger partial charge on any atom is 0.220 e. The molecule has 0 aliphatic carbocycles. The number of para-hydroxylation sites is 7. The van der Waals surface area contributed by atoms with Crippen LogP contribution >= 0.6 is 0 Å². The van der Waals surface area contributed by atoms with Crippen LogP contribution in [-0.4, -0.2) is 27.7 Å². The first-order valence-corrected chi connectivity index (χ1v) is 21.2. The standard InChI is InChI=1S/C56H33N7/c57-34-43-50(61-49-24-11-5-18-41(49)42-32-35(28-30-52(42)61)59-45-20-7-1-14-37(45)38-15-2-8-21-46(38)59)26-13-27-51(43)62-54-31-29-36(33-55(54)63-53-25-12-6-19-44(53)58-56(62)63)60-47-22-9-3-16-39(47)40-17-4-10-23-48(40)60/h1-33H. The van der Waals surface area contributed by atoms with Gasteiger partial charge in [0.2, 0.25) is 5.78 Å². The number of fused-ring (bicyclic) bond motifs is 14. The van der Waals surface area contributed by atoms with Gasteiger partial charge in [0.05, 0.1) is 66.5 Å². The van der Waals surface area contributed by atoms with Crippen LogP contribution in [0.4, 0.5) is 0 Å². The molecule has 14 rings (SSSR count). The number of nitriles is 1. The Kier molecular flexibility index (Phi) is 6.78. The SMILES string of the molecule is N#Cc1c(-n2c3ccccc3c3cc(-n4c5ccccc5c5ccccc54)ccc32)cccc1-n1c2ccc(-n3c4ccccc4c4ccccc43)cc2n2c3ccccc3nc12. The predicted octanol–water partition coefficient (Wildman–Crippen LogP) is 13.6. The molecular weight excluding hydrogens is 771 g/mol. The summed E-state index contributed by atoms with van der Waals surface area (Å²) in [7, 11) is 0. The van der Waals surface area contributed by atoms with E-state index in [2.05, 4.69) is 223 Å². The Hall–Kier alpha value is -8.86. The van der Waals surface area contributed by atoms with Gasteiger partial charge in [-0.15, -0.1) is 0 Å².